The average molecular weight is 421 g/mol. The standard InChI is InChI=1S/C19H23N3.HI/c1-3-14-8-10-15(11-9-14)21-19(20)22-18-12-17(18)16-7-5-4-6-13(16)2;/h4-11,17-18H,3,12H2,1-2H3,(H3,20,21,22);1H. The third kappa shape index (κ3) is 4.47. The first-order valence-corrected chi connectivity index (χ1v) is 7.92. The highest BCUT2D eigenvalue weighted by molar-refractivity contribution is 14.0. The van der Waals surface area contributed by atoms with Gasteiger partial charge in [-0.1, -0.05) is 43.3 Å². The first-order valence-electron chi connectivity index (χ1n) is 7.92. The second-order valence-electron chi connectivity index (χ2n) is 5.96. The molecule has 0 aromatic heterocycles. The van der Waals surface area contributed by atoms with Crippen molar-refractivity contribution in [2.24, 2.45) is 10.7 Å². The molecule has 3 N–H and O–H groups in total. The normalized spacial score (nSPS) is 19.8. The summed E-state index contributed by atoms with van der Waals surface area (Å²) in [6.45, 7) is 4.31. The Hall–Kier alpha value is -1.56. The highest BCUT2D eigenvalue weighted by Gasteiger charge is 2.39. The zero-order valence-corrected chi connectivity index (χ0v) is 16.0. The molecule has 0 spiro atoms. The Kier molecular flexibility index (Phi) is 6.04. The molecule has 122 valence electrons. The van der Waals surface area contributed by atoms with Gasteiger partial charge in [-0.05, 0) is 48.6 Å². The first kappa shape index (κ1) is 17.8. The van der Waals surface area contributed by atoms with Gasteiger partial charge in [-0.2, -0.15) is 0 Å². The van der Waals surface area contributed by atoms with Crippen molar-refractivity contribution < 1.29 is 0 Å². The maximum atomic E-state index is 6.03. The molecule has 1 aliphatic carbocycles. The van der Waals surface area contributed by atoms with E-state index in [1.165, 1.54) is 16.7 Å². The van der Waals surface area contributed by atoms with E-state index in [4.69, 9.17) is 5.73 Å². The van der Waals surface area contributed by atoms with Crippen LogP contribution in [0.4, 0.5) is 5.69 Å². The Labute approximate surface area is 155 Å². The maximum absolute atomic E-state index is 6.03. The maximum Gasteiger partial charge on any atom is 0.193 e. The van der Waals surface area contributed by atoms with Gasteiger partial charge in [0.25, 0.3) is 0 Å². The van der Waals surface area contributed by atoms with Crippen molar-refractivity contribution in [3.05, 3.63) is 65.2 Å². The minimum absolute atomic E-state index is 0. The predicted octanol–water partition coefficient (Wildman–Crippen LogP) is 4.46. The number of nitrogens with one attached hydrogen (secondary N) is 1. The zero-order chi connectivity index (χ0) is 15.5. The van der Waals surface area contributed by atoms with Crippen LogP contribution in [0.15, 0.2) is 53.5 Å². The van der Waals surface area contributed by atoms with Gasteiger partial charge in [0, 0.05) is 11.6 Å². The van der Waals surface area contributed by atoms with Crippen LogP contribution in [-0.2, 0) is 6.42 Å². The average Bonchev–Trinajstić information content (AvgIpc) is 3.27. The van der Waals surface area contributed by atoms with Crippen LogP contribution in [-0.4, -0.2) is 12.0 Å². The topological polar surface area (TPSA) is 50.4 Å². The first-order chi connectivity index (χ1) is 10.7. The van der Waals surface area contributed by atoms with Crippen LogP contribution in [0, 0.1) is 6.92 Å². The lowest BCUT2D eigenvalue weighted by Gasteiger charge is -2.07. The molecule has 2 aromatic carbocycles. The van der Waals surface area contributed by atoms with E-state index in [-0.39, 0.29) is 24.0 Å². The highest BCUT2D eigenvalue weighted by atomic mass is 127. The number of halogens is 1. The number of nitrogens with zero attached hydrogens (tertiary/aromatic N) is 1. The molecule has 2 unspecified atom stereocenters. The van der Waals surface area contributed by atoms with Crippen molar-refractivity contribution in [2.45, 2.75) is 38.6 Å². The van der Waals surface area contributed by atoms with Crippen molar-refractivity contribution in [3.8, 4) is 0 Å². The summed E-state index contributed by atoms with van der Waals surface area (Å²) in [5.41, 5.74) is 11.1. The van der Waals surface area contributed by atoms with Crippen LogP contribution in [0.1, 0.15) is 36.0 Å². The van der Waals surface area contributed by atoms with Crippen LogP contribution >= 0.6 is 24.0 Å². The molecule has 0 bridgehead atoms. The van der Waals surface area contributed by atoms with E-state index in [0.717, 1.165) is 18.5 Å². The summed E-state index contributed by atoms with van der Waals surface area (Å²) in [5.74, 6) is 1.02. The van der Waals surface area contributed by atoms with Crippen LogP contribution in [0.5, 0.6) is 0 Å². The van der Waals surface area contributed by atoms with Crippen molar-refractivity contribution >= 4 is 35.6 Å². The predicted molar refractivity (Wildman–Crippen MR) is 109 cm³/mol. The summed E-state index contributed by atoms with van der Waals surface area (Å²) in [6.07, 6.45) is 2.13. The van der Waals surface area contributed by atoms with Crippen molar-refractivity contribution in [1.29, 1.82) is 0 Å². The lowest BCUT2D eigenvalue weighted by molar-refractivity contribution is 0.975. The molecule has 0 radical (unpaired) electrons. The SMILES string of the molecule is CCc1ccc(NC(N)=NC2CC2c2ccccc2C)cc1.I. The molecular formula is C19H24IN3. The Morgan fingerprint density at radius 2 is 1.87 bits per heavy atom. The van der Waals surface area contributed by atoms with Gasteiger partial charge in [-0.3, -0.25) is 0 Å². The number of aryl methyl sites for hydroxylation is 2. The lowest BCUT2D eigenvalue weighted by atomic mass is 10.0. The smallest absolute Gasteiger partial charge is 0.193 e. The van der Waals surface area contributed by atoms with Crippen LogP contribution in [0.2, 0.25) is 0 Å². The Morgan fingerprint density at radius 1 is 1.17 bits per heavy atom. The molecule has 0 heterocycles. The third-order valence-corrected chi connectivity index (χ3v) is 4.28. The molecule has 1 fully saturated rings. The third-order valence-electron chi connectivity index (χ3n) is 4.28. The Balaban J connectivity index is 0.00000192. The quantitative estimate of drug-likeness (QED) is 0.435. The molecule has 4 heteroatoms. The highest BCUT2D eigenvalue weighted by Crippen LogP contribution is 2.44. The van der Waals surface area contributed by atoms with E-state index in [9.17, 15) is 0 Å². The fourth-order valence-corrected chi connectivity index (χ4v) is 2.84. The van der Waals surface area contributed by atoms with Crippen molar-refractivity contribution in [1.82, 2.24) is 0 Å². The Morgan fingerprint density at radius 3 is 2.52 bits per heavy atom. The molecular weight excluding hydrogens is 397 g/mol. The van der Waals surface area contributed by atoms with Gasteiger partial charge in [0.1, 0.15) is 0 Å². The van der Waals surface area contributed by atoms with Crippen LogP contribution in [0.25, 0.3) is 0 Å². The molecule has 1 saturated carbocycles. The van der Waals surface area contributed by atoms with E-state index in [1.54, 1.807) is 0 Å². The van der Waals surface area contributed by atoms with Crippen LogP contribution in [0.3, 0.4) is 0 Å². The number of nitrogens with two attached hydrogens (primary N) is 1. The number of guanidine groups is 1. The summed E-state index contributed by atoms with van der Waals surface area (Å²) in [6, 6.07) is 17.2. The van der Waals surface area contributed by atoms with Gasteiger partial charge < -0.3 is 11.1 Å². The fraction of sp³-hybridized carbons (Fsp3) is 0.316. The van der Waals surface area contributed by atoms with Gasteiger partial charge in [-0.15, -0.1) is 24.0 Å². The van der Waals surface area contributed by atoms with Gasteiger partial charge >= 0.3 is 0 Å². The zero-order valence-electron chi connectivity index (χ0n) is 13.6. The molecule has 23 heavy (non-hydrogen) atoms. The number of hydrogen-bond donors (Lipinski definition) is 2. The molecule has 1 aliphatic rings. The summed E-state index contributed by atoms with van der Waals surface area (Å²) >= 11 is 0. The fourth-order valence-electron chi connectivity index (χ4n) is 2.84. The monoisotopic (exact) mass is 421 g/mol. The second kappa shape index (κ2) is 7.81. The van der Waals surface area contributed by atoms with E-state index in [0.29, 0.717) is 17.9 Å². The van der Waals surface area contributed by atoms with E-state index in [1.807, 2.05) is 12.1 Å². The Bertz CT molecular complexity index is 679. The molecule has 0 amide bonds. The van der Waals surface area contributed by atoms with E-state index >= 15 is 0 Å². The minimum atomic E-state index is 0. The molecule has 2 aromatic rings. The van der Waals surface area contributed by atoms with Gasteiger partial charge in [0.2, 0.25) is 0 Å². The molecule has 2 atom stereocenters. The number of benzene rings is 2. The van der Waals surface area contributed by atoms with Gasteiger partial charge in [0.15, 0.2) is 5.96 Å². The van der Waals surface area contributed by atoms with Gasteiger partial charge in [0.05, 0.1) is 6.04 Å². The lowest BCUT2D eigenvalue weighted by Crippen LogP contribution is -2.23. The number of hydrogen-bond acceptors (Lipinski definition) is 1. The minimum Gasteiger partial charge on any atom is -0.370 e. The summed E-state index contributed by atoms with van der Waals surface area (Å²) in [5, 5.41) is 3.18. The molecule has 3 rings (SSSR count). The van der Waals surface area contributed by atoms with E-state index < -0.39 is 0 Å². The largest absolute Gasteiger partial charge is 0.370 e. The van der Waals surface area contributed by atoms with E-state index in [2.05, 4.69) is 60.6 Å². The molecule has 3 nitrogen and oxygen atoms in total. The molecule has 0 aliphatic heterocycles. The van der Waals surface area contributed by atoms with Crippen molar-refractivity contribution in [3.63, 3.8) is 0 Å². The number of rotatable bonds is 4. The summed E-state index contributed by atoms with van der Waals surface area (Å²) in [7, 11) is 0. The summed E-state index contributed by atoms with van der Waals surface area (Å²) in [4.78, 5) is 4.61. The summed E-state index contributed by atoms with van der Waals surface area (Å²) < 4.78 is 0. The second-order valence-corrected chi connectivity index (χ2v) is 5.96. The van der Waals surface area contributed by atoms with Gasteiger partial charge in [-0.25, -0.2) is 4.99 Å². The van der Waals surface area contributed by atoms with Crippen molar-refractivity contribution in [2.75, 3.05) is 5.32 Å². The van der Waals surface area contributed by atoms with Crippen LogP contribution < -0.4 is 11.1 Å². The number of anilines is 1. The molecule has 0 saturated heterocycles. The number of aliphatic imine (C=N–C) groups is 1.